The molecule has 0 atom stereocenters. The van der Waals surface area contributed by atoms with E-state index in [1.807, 2.05) is 0 Å². The summed E-state index contributed by atoms with van der Waals surface area (Å²) < 4.78 is 0. The van der Waals surface area contributed by atoms with Crippen LogP contribution >= 0.6 is 0 Å². The van der Waals surface area contributed by atoms with Crippen molar-refractivity contribution >= 4 is 17.1 Å². The van der Waals surface area contributed by atoms with Gasteiger partial charge in [0.1, 0.15) is 0 Å². The van der Waals surface area contributed by atoms with Gasteiger partial charge >= 0.3 is 0 Å². The lowest BCUT2D eigenvalue weighted by Gasteiger charge is -2.30. The van der Waals surface area contributed by atoms with Crippen molar-refractivity contribution in [2.75, 3.05) is 4.90 Å². The van der Waals surface area contributed by atoms with Gasteiger partial charge in [0.25, 0.3) is 0 Å². The van der Waals surface area contributed by atoms with E-state index in [2.05, 4.69) is 219 Å². The maximum absolute atomic E-state index is 2.45. The molecule has 9 rings (SSSR count). The predicted octanol–water partition coefficient (Wildman–Crippen LogP) is 14.1. The van der Waals surface area contributed by atoms with E-state index < -0.39 is 0 Å². The molecule has 0 saturated carbocycles. The molecule has 8 aromatic carbocycles. The molecular formula is C51H39N. The molecule has 0 heterocycles. The van der Waals surface area contributed by atoms with Gasteiger partial charge in [0.15, 0.2) is 0 Å². The van der Waals surface area contributed by atoms with Crippen LogP contribution in [0.3, 0.4) is 0 Å². The Labute approximate surface area is 307 Å². The van der Waals surface area contributed by atoms with Crippen LogP contribution in [0.25, 0.3) is 55.6 Å². The minimum absolute atomic E-state index is 0.119. The Bertz CT molecular complexity index is 2440. The molecule has 1 aliphatic carbocycles. The van der Waals surface area contributed by atoms with Crippen molar-refractivity contribution in [3.05, 3.63) is 211 Å². The number of fused-ring (bicyclic) bond motifs is 3. The molecule has 0 aromatic heterocycles. The van der Waals surface area contributed by atoms with Gasteiger partial charge in [-0.15, -0.1) is 0 Å². The van der Waals surface area contributed by atoms with E-state index in [1.54, 1.807) is 0 Å². The Morgan fingerprint density at radius 1 is 0.308 bits per heavy atom. The first kappa shape index (κ1) is 31.5. The molecule has 0 N–H and O–H groups in total. The molecule has 0 spiro atoms. The minimum atomic E-state index is -0.119. The number of nitrogens with zero attached hydrogens (tertiary/aromatic N) is 1. The van der Waals surface area contributed by atoms with E-state index in [4.69, 9.17) is 0 Å². The molecule has 0 fully saturated rings. The van der Waals surface area contributed by atoms with Gasteiger partial charge in [-0.3, -0.25) is 0 Å². The highest BCUT2D eigenvalue weighted by molar-refractivity contribution is 5.99. The predicted molar refractivity (Wildman–Crippen MR) is 220 cm³/mol. The van der Waals surface area contributed by atoms with E-state index in [1.165, 1.54) is 66.8 Å². The van der Waals surface area contributed by atoms with Crippen molar-refractivity contribution in [3.8, 4) is 55.6 Å². The van der Waals surface area contributed by atoms with Crippen molar-refractivity contribution in [1.82, 2.24) is 0 Å². The number of anilines is 3. The summed E-state index contributed by atoms with van der Waals surface area (Å²) in [5.41, 5.74) is 18.2. The molecule has 0 saturated heterocycles. The van der Waals surface area contributed by atoms with Gasteiger partial charge in [0.05, 0.1) is 0 Å². The fraction of sp³-hybridized carbons (Fsp3) is 0.0588. The summed E-state index contributed by atoms with van der Waals surface area (Å²) in [5.74, 6) is 0. The molecule has 0 bridgehead atoms. The lowest BCUT2D eigenvalue weighted by Crippen LogP contribution is -2.16. The van der Waals surface area contributed by atoms with Crippen LogP contribution in [0.5, 0.6) is 0 Å². The van der Waals surface area contributed by atoms with Crippen LogP contribution in [0.4, 0.5) is 17.1 Å². The van der Waals surface area contributed by atoms with Crippen LogP contribution in [0.1, 0.15) is 25.0 Å². The fourth-order valence-corrected chi connectivity index (χ4v) is 8.07. The van der Waals surface area contributed by atoms with Gasteiger partial charge < -0.3 is 4.90 Å². The average molecular weight is 666 g/mol. The normalized spacial score (nSPS) is 12.6. The quantitative estimate of drug-likeness (QED) is 0.164. The summed E-state index contributed by atoms with van der Waals surface area (Å²) in [6.45, 7) is 4.71. The topological polar surface area (TPSA) is 3.24 Å². The van der Waals surface area contributed by atoms with E-state index >= 15 is 0 Å². The number of hydrogen-bond donors (Lipinski definition) is 0. The van der Waals surface area contributed by atoms with Crippen LogP contribution in [-0.2, 0) is 5.41 Å². The summed E-state index contributed by atoms with van der Waals surface area (Å²) in [7, 11) is 0. The molecule has 52 heavy (non-hydrogen) atoms. The third-order valence-corrected chi connectivity index (χ3v) is 10.7. The Kier molecular flexibility index (Phi) is 7.90. The number of hydrogen-bond acceptors (Lipinski definition) is 1. The van der Waals surface area contributed by atoms with Crippen LogP contribution in [0.2, 0.25) is 0 Å². The first-order chi connectivity index (χ1) is 25.6. The van der Waals surface area contributed by atoms with Gasteiger partial charge in [-0.1, -0.05) is 178 Å². The minimum Gasteiger partial charge on any atom is -0.310 e. The molecule has 0 radical (unpaired) electrons. The van der Waals surface area contributed by atoms with Crippen molar-refractivity contribution < 1.29 is 0 Å². The van der Waals surface area contributed by atoms with Gasteiger partial charge in [-0.05, 0) is 103 Å². The van der Waals surface area contributed by atoms with E-state index in [9.17, 15) is 0 Å². The highest BCUT2D eigenvalue weighted by Crippen LogP contribution is 2.52. The monoisotopic (exact) mass is 665 g/mol. The Hall–Kier alpha value is -6.44. The van der Waals surface area contributed by atoms with Crippen LogP contribution in [0.15, 0.2) is 200 Å². The molecule has 1 aliphatic rings. The summed E-state index contributed by atoms with van der Waals surface area (Å²) >= 11 is 0. The maximum atomic E-state index is 2.45. The second-order valence-electron chi connectivity index (χ2n) is 14.2. The number of benzene rings is 8. The zero-order chi connectivity index (χ0) is 35.1. The lowest BCUT2D eigenvalue weighted by molar-refractivity contribution is 0.660. The summed E-state index contributed by atoms with van der Waals surface area (Å²) in [4.78, 5) is 2.45. The standard InChI is InChI=1S/C51H39N/c1-51(2)48-26-16-15-25-44(48)45-32-31-42(35-49(45)51)52(41-29-27-37(28-30-41)36-17-7-3-8-18-36)43-33-46(38-19-9-4-10-20-38)50(40-23-13-6-14-24-40)47(34-43)39-21-11-5-12-22-39/h3-35H,1-2H3. The van der Waals surface area contributed by atoms with Crippen LogP contribution < -0.4 is 4.90 Å². The Balaban J connectivity index is 1.31. The van der Waals surface area contributed by atoms with Gasteiger partial charge in [-0.25, -0.2) is 0 Å². The first-order valence-electron chi connectivity index (χ1n) is 18.1. The summed E-state index contributed by atoms with van der Waals surface area (Å²) in [5, 5.41) is 0. The van der Waals surface area contributed by atoms with Crippen molar-refractivity contribution in [2.24, 2.45) is 0 Å². The van der Waals surface area contributed by atoms with E-state index in [-0.39, 0.29) is 5.41 Å². The molecule has 1 nitrogen and oxygen atoms in total. The SMILES string of the molecule is CC1(C)c2ccccc2-c2ccc(N(c3ccc(-c4ccccc4)cc3)c3cc(-c4ccccc4)c(-c4ccccc4)c(-c4ccccc4)c3)cc21. The second kappa shape index (κ2) is 13.0. The third-order valence-electron chi connectivity index (χ3n) is 10.7. The molecule has 1 heteroatoms. The van der Waals surface area contributed by atoms with Gasteiger partial charge in [-0.2, -0.15) is 0 Å². The van der Waals surface area contributed by atoms with Gasteiger partial charge in [0, 0.05) is 22.5 Å². The highest BCUT2D eigenvalue weighted by Gasteiger charge is 2.36. The van der Waals surface area contributed by atoms with Crippen molar-refractivity contribution in [3.63, 3.8) is 0 Å². The highest BCUT2D eigenvalue weighted by atomic mass is 15.1. The smallest absolute Gasteiger partial charge is 0.0474 e. The molecule has 0 aliphatic heterocycles. The summed E-state index contributed by atoms with van der Waals surface area (Å²) in [6.07, 6.45) is 0. The molecule has 8 aromatic rings. The molecule has 248 valence electrons. The molecular weight excluding hydrogens is 627 g/mol. The maximum Gasteiger partial charge on any atom is 0.0474 e. The largest absolute Gasteiger partial charge is 0.310 e. The van der Waals surface area contributed by atoms with Crippen molar-refractivity contribution in [2.45, 2.75) is 19.3 Å². The zero-order valence-electron chi connectivity index (χ0n) is 29.5. The van der Waals surface area contributed by atoms with Crippen LogP contribution in [-0.4, -0.2) is 0 Å². The average Bonchev–Trinajstić information content (AvgIpc) is 3.44. The second-order valence-corrected chi connectivity index (χ2v) is 14.2. The fourth-order valence-electron chi connectivity index (χ4n) is 8.07. The van der Waals surface area contributed by atoms with Crippen molar-refractivity contribution in [1.29, 1.82) is 0 Å². The number of rotatable bonds is 7. The van der Waals surface area contributed by atoms with Crippen LogP contribution in [0, 0.1) is 0 Å². The third kappa shape index (κ3) is 5.52. The van der Waals surface area contributed by atoms with E-state index in [0.717, 1.165) is 17.1 Å². The van der Waals surface area contributed by atoms with E-state index in [0.29, 0.717) is 0 Å². The lowest BCUT2D eigenvalue weighted by atomic mass is 9.82. The molecule has 0 unspecified atom stereocenters. The Morgan fingerprint density at radius 2 is 0.750 bits per heavy atom. The zero-order valence-corrected chi connectivity index (χ0v) is 29.5. The van der Waals surface area contributed by atoms with Gasteiger partial charge in [0.2, 0.25) is 0 Å². The Morgan fingerprint density at radius 3 is 1.33 bits per heavy atom. The molecule has 0 amide bonds. The summed E-state index contributed by atoms with van der Waals surface area (Å²) in [6, 6.07) is 72.9. The first-order valence-corrected chi connectivity index (χ1v) is 18.1.